The second-order valence-electron chi connectivity index (χ2n) is 7.70. The molecule has 0 fully saturated rings. The fraction of sp³-hybridized carbons (Fsp3) is 0.240. The highest BCUT2D eigenvalue weighted by Crippen LogP contribution is 2.30. The zero-order valence-electron chi connectivity index (χ0n) is 18.1. The molecule has 0 amide bonds. The minimum Gasteiger partial charge on any atom is -0.462 e. The summed E-state index contributed by atoms with van der Waals surface area (Å²) in [6, 6.07) is 17.4. The number of rotatable bonds is 8. The topological polar surface area (TPSA) is 85.6 Å². The summed E-state index contributed by atoms with van der Waals surface area (Å²) in [7, 11) is -3.82. The quantitative estimate of drug-likeness (QED) is 0.261. The van der Waals surface area contributed by atoms with Gasteiger partial charge in [-0.25, -0.2) is 13.2 Å². The molecule has 4 rings (SSSR count). The van der Waals surface area contributed by atoms with Gasteiger partial charge in [-0.1, -0.05) is 50.1 Å². The van der Waals surface area contributed by atoms with Crippen molar-refractivity contribution in [2.75, 3.05) is 11.3 Å². The SMILES string of the molecule is CCCCCOC(=O)c1c(C)oc2ccc(NS(=O)(=O)c3ccc4ccccc4c3)cc12. The largest absolute Gasteiger partial charge is 0.462 e. The third-order valence-corrected chi connectivity index (χ3v) is 6.71. The minimum atomic E-state index is -3.82. The molecule has 0 radical (unpaired) electrons. The van der Waals surface area contributed by atoms with E-state index in [1.807, 2.05) is 24.3 Å². The van der Waals surface area contributed by atoms with Gasteiger partial charge in [-0.15, -0.1) is 0 Å². The number of sulfonamides is 1. The number of fused-ring (bicyclic) bond motifs is 2. The second-order valence-corrected chi connectivity index (χ2v) is 9.38. The molecule has 0 unspecified atom stereocenters. The molecule has 1 aromatic heterocycles. The van der Waals surface area contributed by atoms with E-state index in [4.69, 9.17) is 9.15 Å². The number of anilines is 1. The lowest BCUT2D eigenvalue weighted by Crippen LogP contribution is -2.13. The van der Waals surface area contributed by atoms with E-state index >= 15 is 0 Å². The third-order valence-electron chi connectivity index (χ3n) is 5.33. The molecule has 32 heavy (non-hydrogen) atoms. The van der Waals surface area contributed by atoms with Crippen molar-refractivity contribution in [1.82, 2.24) is 0 Å². The number of carbonyl (C=O) groups is 1. The highest BCUT2D eigenvalue weighted by atomic mass is 32.2. The molecule has 1 heterocycles. The first-order chi connectivity index (χ1) is 15.4. The van der Waals surface area contributed by atoms with Crippen molar-refractivity contribution in [1.29, 1.82) is 0 Å². The Balaban J connectivity index is 1.62. The van der Waals surface area contributed by atoms with Crippen LogP contribution in [0.3, 0.4) is 0 Å². The van der Waals surface area contributed by atoms with Crippen LogP contribution in [0.25, 0.3) is 21.7 Å². The van der Waals surface area contributed by atoms with E-state index in [-0.39, 0.29) is 4.90 Å². The van der Waals surface area contributed by atoms with Crippen molar-refractivity contribution >= 4 is 43.4 Å². The summed E-state index contributed by atoms with van der Waals surface area (Å²) < 4.78 is 39.6. The Morgan fingerprint density at radius 2 is 1.78 bits per heavy atom. The lowest BCUT2D eigenvalue weighted by atomic mass is 10.1. The molecule has 1 N–H and O–H groups in total. The lowest BCUT2D eigenvalue weighted by Gasteiger charge is -2.09. The zero-order valence-corrected chi connectivity index (χ0v) is 18.9. The van der Waals surface area contributed by atoms with Gasteiger partial charge in [0.05, 0.1) is 11.5 Å². The van der Waals surface area contributed by atoms with Gasteiger partial charge in [0.15, 0.2) is 0 Å². The van der Waals surface area contributed by atoms with E-state index in [1.165, 1.54) is 0 Å². The molecule has 0 saturated carbocycles. The highest BCUT2D eigenvalue weighted by Gasteiger charge is 2.21. The number of ether oxygens (including phenoxy) is 1. The molecule has 6 nitrogen and oxygen atoms in total. The van der Waals surface area contributed by atoms with E-state index in [0.29, 0.717) is 34.6 Å². The molecule has 0 aliphatic carbocycles. The first kappa shape index (κ1) is 21.9. The predicted octanol–water partition coefficient (Wildman–Crippen LogP) is 6.04. The molecule has 4 aromatic rings. The normalized spacial score (nSPS) is 11.7. The van der Waals surface area contributed by atoms with Gasteiger partial charge in [0.25, 0.3) is 10.0 Å². The van der Waals surface area contributed by atoms with E-state index in [2.05, 4.69) is 11.6 Å². The standard InChI is InChI=1S/C25H25NO5S/c1-3-4-7-14-30-25(27)24-17(2)31-23-13-11-20(16-22(23)24)26-32(28,29)21-12-10-18-8-5-6-9-19(18)15-21/h5-6,8-13,15-16,26H,3-4,7,14H2,1-2H3. The number of furan rings is 1. The molecule has 3 aromatic carbocycles. The van der Waals surface area contributed by atoms with E-state index in [1.54, 1.807) is 43.3 Å². The Kier molecular flexibility index (Phi) is 6.19. The summed E-state index contributed by atoms with van der Waals surface area (Å²) in [5.74, 6) is -0.0260. The van der Waals surface area contributed by atoms with E-state index < -0.39 is 16.0 Å². The average molecular weight is 452 g/mol. The monoisotopic (exact) mass is 451 g/mol. The summed E-state index contributed by atoms with van der Waals surface area (Å²) in [4.78, 5) is 12.8. The van der Waals surface area contributed by atoms with Crippen molar-refractivity contribution in [3.05, 3.63) is 72.0 Å². The van der Waals surface area contributed by atoms with Crippen LogP contribution in [0.15, 0.2) is 70.0 Å². The molecule has 166 valence electrons. The molecule has 0 atom stereocenters. The molecule has 0 saturated heterocycles. The van der Waals surface area contributed by atoms with Gasteiger partial charge < -0.3 is 9.15 Å². The van der Waals surface area contributed by atoms with Gasteiger partial charge in [-0.3, -0.25) is 4.72 Å². The summed E-state index contributed by atoms with van der Waals surface area (Å²) in [6.45, 7) is 4.12. The Labute approximate surface area is 187 Å². The summed E-state index contributed by atoms with van der Waals surface area (Å²) >= 11 is 0. The van der Waals surface area contributed by atoms with E-state index in [9.17, 15) is 13.2 Å². The smallest absolute Gasteiger partial charge is 0.342 e. The zero-order chi connectivity index (χ0) is 22.7. The van der Waals surface area contributed by atoms with Crippen LogP contribution in [0.2, 0.25) is 0 Å². The summed E-state index contributed by atoms with van der Waals surface area (Å²) in [6.07, 6.45) is 2.82. The number of nitrogens with one attached hydrogen (secondary N) is 1. The maximum Gasteiger partial charge on any atom is 0.342 e. The molecular weight excluding hydrogens is 426 g/mol. The number of aryl methyl sites for hydroxylation is 1. The first-order valence-electron chi connectivity index (χ1n) is 10.6. The number of hydrogen-bond donors (Lipinski definition) is 1. The Bertz CT molecular complexity index is 1390. The maximum absolute atomic E-state index is 13.0. The third kappa shape index (κ3) is 4.48. The number of esters is 1. The molecule has 0 spiro atoms. The Morgan fingerprint density at radius 1 is 1.00 bits per heavy atom. The summed E-state index contributed by atoms with van der Waals surface area (Å²) in [5.41, 5.74) is 1.16. The van der Waals surface area contributed by atoms with Crippen LogP contribution in [-0.4, -0.2) is 21.0 Å². The molecule has 0 bridgehead atoms. The van der Waals surface area contributed by atoms with Gasteiger partial charge in [-0.2, -0.15) is 0 Å². The van der Waals surface area contributed by atoms with Crippen LogP contribution < -0.4 is 4.72 Å². The number of hydrogen-bond acceptors (Lipinski definition) is 5. The number of carbonyl (C=O) groups excluding carboxylic acids is 1. The maximum atomic E-state index is 13.0. The number of benzene rings is 3. The second kappa shape index (κ2) is 9.04. The van der Waals surface area contributed by atoms with Crippen molar-refractivity contribution in [3.63, 3.8) is 0 Å². The van der Waals surface area contributed by atoms with Crippen molar-refractivity contribution in [2.24, 2.45) is 0 Å². The molecule has 0 aliphatic rings. The van der Waals surface area contributed by atoms with Crippen molar-refractivity contribution < 1.29 is 22.4 Å². The van der Waals surface area contributed by atoms with Crippen LogP contribution in [0.5, 0.6) is 0 Å². The summed E-state index contributed by atoms with van der Waals surface area (Å²) in [5, 5.41) is 2.31. The lowest BCUT2D eigenvalue weighted by molar-refractivity contribution is 0.0498. The molecular formula is C25H25NO5S. The first-order valence-corrected chi connectivity index (χ1v) is 12.1. The van der Waals surface area contributed by atoms with E-state index in [0.717, 1.165) is 30.0 Å². The Hall–Kier alpha value is -3.32. The van der Waals surface area contributed by atoms with Gasteiger partial charge >= 0.3 is 5.97 Å². The number of unbranched alkanes of at least 4 members (excludes halogenated alkanes) is 2. The fourth-order valence-corrected chi connectivity index (χ4v) is 4.76. The van der Waals surface area contributed by atoms with Crippen molar-refractivity contribution in [2.45, 2.75) is 38.0 Å². The van der Waals surface area contributed by atoms with Gasteiger partial charge in [0.2, 0.25) is 0 Å². The molecule has 7 heteroatoms. The Morgan fingerprint density at radius 3 is 2.56 bits per heavy atom. The molecule has 0 aliphatic heterocycles. The van der Waals surface area contributed by atoms with Gasteiger partial charge in [0, 0.05) is 11.1 Å². The van der Waals surface area contributed by atoms with Gasteiger partial charge in [-0.05, 0) is 54.4 Å². The van der Waals surface area contributed by atoms with Crippen LogP contribution in [0.1, 0.15) is 42.3 Å². The van der Waals surface area contributed by atoms with Gasteiger partial charge in [0.1, 0.15) is 16.9 Å². The van der Waals surface area contributed by atoms with Crippen LogP contribution in [0.4, 0.5) is 5.69 Å². The van der Waals surface area contributed by atoms with Crippen LogP contribution in [-0.2, 0) is 14.8 Å². The average Bonchev–Trinajstić information content (AvgIpc) is 3.11. The predicted molar refractivity (Wildman–Crippen MR) is 126 cm³/mol. The van der Waals surface area contributed by atoms with Crippen LogP contribution >= 0.6 is 0 Å². The highest BCUT2D eigenvalue weighted by molar-refractivity contribution is 7.92. The van der Waals surface area contributed by atoms with Crippen LogP contribution in [0, 0.1) is 6.92 Å². The fourth-order valence-electron chi connectivity index (χ4n) is 3.67. The minimum absolute atomic E-state index is 0.162. The van der Waals surface area contributed by atoms with Crippen molar-refractivity contribution in [3.8, 4) is 0 Å².